The van der Waals surface area contributed by atoms with E-state index in [2.05, 4.69) is 19.2 Å². The molecule has 1 aromatic rings. The molecule has 39 heavy (non-hydrogen) atoms. The van der Waals surface area contributed by atoms with Gasteiger partial charge < -0.3 is 15.2 Å². The van der Waals surface area contributed by atoms with E-state index in [-0.39, 0.29) is 28.8 Å². The number of hydrogen-bond donors (Lipinski definition) is 2. The van der Waals surface area contributed by atoms with Crippen LogP contribution in [0.2, 0.25) is 0 Å². The third-order valence-electron chi connectivity index (χ3n) is 12.5. The zero-order chi connectivity index (χ0) is 27.2. The molecule has 2 N–H and O–H groups in total. The summed E-state index contributed by atoms with van der Waals surface area (Å²) in [5.74, 6) is 3.27. The van der Waals surface area contributed by atoms with Crippen molar-refractivity contribution in [3.63, 3.8) is 0 Å². The highest BCUT2D eigenvalue weighted by Crippen LogP contribution is 2.66. The van der Waals surface area contributed by atoms with Gasteiger partial charge in [-0.3, -0.25) is 4.79 Å². The lowest BCUT2D eigenvalue weighted by molar-refractivity contribution is -0.145. The van der Waals surface area contributed by atoms with Gasteiger partial charge >= 0.3 is 0 Å². The van der Waals surface area contributed by atoms with Crippen LogP contribution in [0.1, 0.15) is 122 Å². The molecule has 5 aliphatic rings. The molecule has 0 bridgehead atoms. The first kappa shape index (κ1) is 27.7. The van der Waals surface area contributed by atoms with Crippen LogP contribution < -0.4 is 10.1 Å². The zero-order valence-corrected chi connectivity index (χ0v) is 24.2. The molecule has 0 spiro atoms. The van der Waals surface area contributed by atoms with Gasteiger partial charge in [0.25, 0.3) is 0 Å². The highest BCUT2D eigenvalue weighted by molar-refractivity contribution is 5.79. The number of nitrogens with one attached hydrogen (secondary N) is 1. The molecule has 5 unspecified atom stereocenters. The average Bonchev–Trinajstić information content (AvgIpc) is 3.55. The lowest BCUT2D eigenvalue weighted by Crippen LogP contribution is -2.55. The van der Waals surface area contributed by atoms with Gasteiger partial charge in [0.1, 0.15) is 17.3 Å². The monoisotopic (exact) mass is 539 g/mol. The summed E-state index contributed by atoms with van der Waals surface area (Å²) in [7, 11) is 0. The SMILES string of the molecule is CCC(NC1CCCC1)c1cc(F)cc(OCC[C@]23CCC4C(CCC5CC(=O)CC[C@@]54C)C2CC[C@@H]3O)c1. The van der Waals surface area contributed by atoms with Crippen molar-refractivity contribution in [2.45, 2.75) is 128 Å². The Labute approximate surface area is 234 Å². The van der Waals surface area contributed by atoms with E-state index < -0.39 is 0 Å². The van der Waals surface area contributed by atoms with Crippen molar-refractivity contribution < 1.29 is 19.0 Å². The Morgan fingerprint density at radius 2 is 1.87 bits per heavy atom. The van der Waals surface area contributed by atoms with E-state index >= 15 is 0 Å². The first-order chi connectivity index (χ1) is 18.8. The van der Waals surface area contributed by atoms with Gasteiger partial charge in [-0.15, -0.1) is 0 Å². The number of halogens is 1. The minimum atomic E-state index is -0.270. The summed E-state index contributed by atoms with van der Waals surface area (Å²) in [4.78, 5) is 12.2. The number of Topliss-reactive ketones (excluding diaryl/α,β-unsaturated/α-hetero) is 1. The fourth-order valence-corrected chi connectivity index (χ4v) is 10.4. The van der Waals surface area contributed by atoms with Gasteiger partial charge in [0.2, 0.25) is 0 Å². The van der Waals surface area contributed by atoms with Crippen LogP contribution in [0.15, 0.2) is 18.2 Å². The molecule has 1 aromatic carbocycles. The number of fused-ring (bicyclic) bond motifs is 5. The molecule has 0 aliphatic heterocycles. The van der Waals surface area contributed by atoms with Gasteiger partial charge in [0, 0.05) is 36.4 Å². The van der Waals surface area contributed by atoms with Gasteiger partial charge in [-0.2, -0.15) is 0 Å². The summed E-state index contributed by atoms with van der Waals surface area (Å²) >= 11 is 0. The molecular formula is C34H50FNO3. The lowest BCUT2D eigenvalue weighted by atomic mass is 9.44. The number of ether oxygens (including phenoxy) is 1. The largest absolute Gasteiger partial charge is 0.493 e. The second kappa shape index (κ2) is 11.1. The van der Waals surface area contributed by atoms with Crippen molar-refractivity contribution in [3.8, 4) is 5.75 Å². The second-order valence-corrected chi connectivity index (χ2v) is 14.2. The summed E-state index contributed by atoms with van der Waals surface area (Å²) in [5.41, 5.74) is 1.18. The zero-order valence-electron chi connectivity index (χ0n) is 24.2. The van der Waals surface area contributed by atoms with Crippen LogP contribution >= 0.6 is 0 Å². The summed E-state index contributed by atoms with van der Waals surface area (Å²) in [6.45, 7) is 5.17. The Morgan fingerprint density at radius 1 is 1.05 bits per heavy atom. The maximum Gasteiger partial charge on any atom is 0.133 e. The van der Waals surface area contributed by atoms with E-state index in [1.54, 1.807) is 6.07 Å². The minimum Gasteiger partial charge on any atom is -0.493 e. The molecule has 8 atom stereocenters. The molecule has 0 aromatic heterocycles. The van der Waals surface area contributed by atoms with Crippen LogP contribution in [0.3, 0.4) is 0 Å². The number of aliphatic hydroxyl groups excluding tert-OH is 1. The number of carbonyl (C=O) groups excluding carboxylic acids is 1. The summed E-state index contributed by atoms with van der Waals surface area (Å²) in [6, 6.07) is 5.89. The maximum atomic E-state index is 14.7. The quantitative estimate of drug-likeness (QED) is 0.358. The summed E-state index contributed by atoms with van der Waals surface area (Å²) in [6.07, 6.45) is 15.7. The third kappa shape index (κ3) is 5.09. The van der Waals surface area contributed by atoms with E-state index in [9.17, 15) is 14.3 Å². The number of benzene rings is 1. The molecule has 6 rings (SSSR count). The van der Waals surface area contributed by atoms with Crippen molar-refractivity contribution in [1.82, 2.24) is 5.32 Å². The van der Waals surface area contributed by atoms with Gasteiger partial charge in [-0.1, -0.05) is 26.7 Å². The number of aliphatic hydroxyl groups is 1. The molecule has 5 heteroatoms. The van der Waals surface area contributed by atoms with Crippen molar-refractivity contribution in [2.75, 3.05) is 6.61 Å². The molecule has 0 radical (unpaired) electrons. The highest BCUT2D eigenvalue weighted by atomic mass is 19.1. The van der Waals surface area contributed by atoms with Crippen molar-refractivity contribution in [1.29, 1.82) is 0 Å². The Balaban J connectivity index is 1.13. The highest BCUT2D eigenvalue weighted by Gasteiger charge is 2.61. The van der Waals surface area contributed by atoms with Crippen LogP contribution in [0, 0.1) is 40.3 Å². The van der Waals surface area contributed by atoms with Gasteiger partial charge in [-0.25, -0.2) is 4.39 Å². The fourth-order valence-electron chi connectivity index (χ4n) is 10.4. The fraction of sp³-hybridized carbons (Fsp3) is 0.794. The molecular weight excluding hydrogens is 489 g/mol. The smallest absolute Gasteiger partial charge is 0.133 e. The lowest BCUT2D eigenvalue weighted by Gasteiger charge is -2.60. The summed E-state index contributed by atoms with van der Waals surface area (Å²) < 4.78 is 21.0. The second-order valence-electron chi connectivity index (χ2n) is 14.2. The Hall–Kier alpha value is -1.46. The predicted molar refractivity (Wildman–Crippen MR) is 152 cm³/mol. The topological polar surface area (TPSA) is 58.6 Å². The molecule has 5 fully saturated rings. The van der Waals surface area contributed by atoms with Crippen LogP contribution in [0.5, 0.6) is 5.75 Å². The maximum absolute atomic E-state index is 14.7. The van der Waals surface area contributed by atoms with Crippen molar-refractivity contribution in [2.24, 2.45) is 34.5 Å². The third-order valence-corrected chi connectivity index (χ3v) is 12.5. The number of hydrogen-bond acceptors (Lipinski definition) is 4. The number of carbonyl (C=O) groups is 1. The number of rotatable bonds is 8. The van der Waals surface area contributed by atoms with Crippen molar-refractivity contribution >= 4 is 5.78 Å². The van der Waals surface area contributed by atoms with Crippen LogP contribution in [0.25, 0.3) is 0 Å². The van der Waals surface area contributed by atoms with E-state index in [0.29, 0.717) is 47.9 Å². The normalized spacial score (nSPS) is 39.2. The minimum absolute atomic E-state index is 0.0824. The standard InChI is InChI=1S/C34H50FNO3/c1-3-31(36-25-6-4-5-7-25)22-18-24(35)21-27(19-22)39-17-16-34-15-13-29-28(30(34)10-11-32(34)38)9-8-23-20-26(37)12-14-33(23,29)2/h18-19,21,23,25,28-32,36,38H,3-17,20H2,1-2H3/t23?,28?,29?,30?,31?,32-,33-,34+/m0/s1. The van der Waals surface area contributed by atoms with E-state index in [1.807, 2.05) is 6.07 Å². The molecule has 0 saturated heterocycles. The number of ketones is 1. The Kier molecular flexibility index (Phi) is 7.87. The Morgan fingerprint density at radius 3 is 2.67 bits per heavy atom. The Bertz CT molecular complexity index is 1040. The van der Waals surface area contributed by atoms with Crippen molar-refractivity contribution in [3.05, 3.63) is 29.6 Å². The molecule has 0 heterocycles. The van der Waals surface area contributed by atoms with Gasteiger partial charge in [-0.05, 0) is 117 Å². The predicted octanol–water partition coefficient (Wildman–Crippen LogP) is 7.53. The van der Waals surface area contributed by atoms with Crippen LogP contribution in [-0.2, 0) is 4.79 Å². The first-order valence-electron chi connectivity index (χ1n) is 16.2. The molecule has 216 valence electrons. The van der Waals surface area contributed by atoms with Crippen LogP contribution in [-0.4, -0.2) is 29.6 Å². The van der Waals surface area contributed by atoms with E-state index in [4.69, 9.17) is 4.74 Å². The molecule has 4 nitrogen and oxygen atoms in total. The molecule has 5 aliphatic carbocycles. The average molecular weight is 540 g/mol. The van der Waals surface area contributed by atoms with E-state index in [0.717, 1.165) is 63.4 Å². The van der Waals surface area contributed by atoms with E-state index in [1.165, 1.54) is 44.6 Å². The summed E-state index contributed by atoms with van der Waals surface area (Å²) in [5, 5.41) is 15.1. The molecule has 0 amide bonds. The first-order valence-corrected chi connectivity index (χ1v) is 16.2. The van der Waals surface area contributed by atoms with Crippen LogP contribution in [0.4, 0.5) is 4.39 Å². The van der Waals surface area contributed by atoms with Gasteiger partial charge in [0.15, 0.2) is 0 Å². The molecule has 5 saturated carbocycles. The van der Waals surface area contributed by atoms with Gasteiger partial charge in [0.05, 0.1) is 12.7 Å².